The van der Waals surface area contributed by atoms with Gasteiger partial charge in [-0.3, -0.25) is 4.79 Å². The van der Waals surface area contributed by atoms with E-state index in [1.54, 1.807) is 32.4 Å². The quantitative estimate of drug-likeness (QED) is 0.837. The number of methoxy groups -OCH3 is 2. The molecule has 1 aromatic heterocycles. The Labute approximate surface area is 139 Å². The minimum absolute atomic E-state index is 0.0924. The van der Waals surface area contributed by atoms with Gasteiger partial charge in [-0.25, -0.2) is 0 Å². The molecule has 2 aromatic rings. The minimum atomic E-state index is -0.0924. The lowest BCUT2D eigenvalue weighted by Crippen LogP contribution is -2.15. The molecule has 1 aromatic carbocycles. The molecule has 0 aliphatic carbocycles. The number of anilines is 1. The number of ether oxygens (including phenoxy) is 2. The molecule has 1 amide bonds. The molecule has 23 heavy (non-hydrogen) atoms. The highest BCUT2D eigenvalue weighted by molar-refractivity contribution is 7.99. The van der Waals surface area contributed by atoms with Gasteiger partial charge in [-0.1, -0.05) is 5.16 Å². The molecule has 1 heterocycles. The maximum absolute atomic E-state index is 12.1. The second-order valence-corrected chi connectivity index (χ2v) is 5.90. The first-order chi connectivity index (χ1) is 11.0. The second-order valence-electron chi connectivity index (χ2n) is 4.91. The van der Waals surface area contributed by atoms with E-state index in [0.717, 1.165) is 17.0 Å². The number of carbonyl (C=O) groups is 1. The molecular formula is C16H20N2O4S. The summed E-state index contributed by atoms with van der Waals surface area (Å²) in [6.45, 7) is 3.77. The van der Waals surface area contributed by atoms with Crippen LogP contribution in [0.5, 0.6) is 11.5 Å². The van der Waals surface area contributed by atoms with E-state index < -0.39 is 0 Å². The third kappa shape index (κ3) is 4.41. The molecular weight excluding hydrogens is 316 g/mol. The number of thioether (sulfide) groups is 1. The number of aryl methyl sites for hydroxylation is 2. The fraction of sp³-hybridized carbons (Fsp3) is 0.375. The van der Waals surface area contributed by atoms with Crippen LogP contribution < -0.4 is 14.8 Å². The van der Waals surface area contributed by atoms with E-state index in [-0.39, 0.29) is 5.91 Å². The van der Waals surface area contributed by atoms with Crippen molar-refractivity contribution < 1.29 is 18.8 Å². The van der Waals surface area contributed by atoms with Gasteiger partial charge in [0.2, 0.25) is 5.91 Å². The van der Waals surface area contributed by atoms with Crippen molar-refractivity contribution in [3.05, 3.63) is 35.2 Å². The molecule has 124 valence electrons. The van der Waals surface area contributed by atoms with E-state index in [9.17, 15) is 4.79 Å². The predicted molar refractivity (Wildman–Crippen MR) is 90.3 cm³/mol. The van der Waals surface area contributed by atoms with Gasteiger partial charge in [0.1, 0.15) is 17.3 Å². The fourth-order valence-electron chi connectivity index (χ4n) is 2.04. The Hall–Kier alpha value is -2.15. The average molecular weight is 336 g/mol. The van der Waals surface area contributed by atoms with Crippen molar-refractivity contribution in [1.29, 1.82) is 0 Å². The lowest BCUT2D eigenvalue weighted by molar-refractivity contribution is -0.113. The molecule has 0 aliphatic heterocycles. The lowest BCUT2D eigenvalue weighted by Gasteiger charge is -2.11. The van der Waals surface area contributed by atoms with Crippen LogP contribution >= 0.6 is 11.8 Å². The highest BCUT2D eigenvalue weighted by atomic mass is 32.2. The monoisotopic (exact) mass is 336 g/mol. The Bertz CT molecular complexity index is 665. The number of amides is 1. The second kappa shape index (κ2) is 7.92. The van der Waals surface area contributed by atoms with E-state index in [1.165, 1.54) is 11.8 Å². The smallest absolute Gasteiger partial charge is 0.234 e. The van der Waals surface area contributed by atoms with Gasteiger partial charge in [-0.05, 0) is 26.0 Å². The number of hydrogen-bond donors (Lipinski definition) is 1. The summed E-state index contributed by atoms with van der Waals surface area (Å²) >= 11 is 1.51. The molecule has 0 atom stereocenters. The molecule has 7 heteroatoms. The SMILES string of the molecule is COc1ccc(NC(=O)CSCc2c(C)noc2C)c(OC)c1. The summed E-state index contributed by atoms with van der Waals surface area (Å²) in [4.78, 5) is 12.1. The number of nitrogens with zero attached hydrogens (tertiary/aromatic N) is 1. The molecule has 0 saturated heterocycles. The van der Waals surface area contributed by atoms with Crippen molar-refractivity contribution in [2.75, 3.05) is 25.3 Å². The molecule has 2 rings (SSSR count). The van der Waals surface area contributed by atoms with E-state index in [0.29, 0.717) is 28.7 Å². The van der Waals surface area contributed by atoms with Gasteiger partial charge in [0.05, 0.1) is 31.4 Å². The van der Waals surface area contributed by atoms with Crippen LogP contribution in [0.15, 0.2) is 22.7 Å². The van der Waals surface area contributed by atoms with Crippen LogP contribution in [0.3, 0.4) is 0 Å². The van der Waals surface area contributed by atoms with Crippen LogP contribution in [0, 0.1) is 13.8 Å². The van der Waals surface area contributed by atoms with Crippen LogP contribution in [0.1, 0.15) is 17.0 Å². The lowest BCUT2D eigenvalue weighted by atomic mass is 10.2. The Morgan fingerprint density at radius 3 is 2.70 bits per heavy atom. The predicted octanol–water partition coefficient (Wildman–Crippen LogP) is 3.18. The topological polar surface area (TPSA) is 73.6 Å². The highest BCUT2D eigenvalue weighted by Crippen LogP contribution is 2.29. The fourth-order valence-corrected chi connectivity index (χ4v) is 3.02. The summed E-state index contributed by atoms with van der Waals surface area (Å²) in [5, 5.41) is 6.75. The summed E-state index contributed by atoms with van der Waals surface area (Å²) in [6.07, 6.45) is 0. The number of rotatable bonds is 7. The molecule has 0 bridgehead atoms. The maximum atomic E-state index is 12.1. The summed E-state index contributed by atoms with van der Waals surface area (Å²) in [6, 6.07) is 5.26. The van der Waals surface area contributed by atoms with Gasteiger partial charge in [0.15, 0.2) is 0 Å². The van der Waals surface area contributed by atoms with Gasteiger partial charge in [-0.15, -0.1) is 11.8 Å². The first-order valence-corrected chi connectivity index (χ1v) is 8.22. The first kappa shape index (κ1) is 17.2. The molecule has 0 spiro atoms. The van der Waals surface area contributed by atoms with Crippen LogP contribution in [0.2, 0.25) is 0 Å². The zero-order valence-corrected chi connectivity index (χ0v) is 14.5. The Morgan fingerprint density at radius 2 is 2.09 bits per heavy atom. The third-order valence-corrected chi connectivity index (χ3v) is 4.30. The van der Waals surface area contributed by atoms with E-state index in [2.05, 4.69) is 10.5 Å². The number of benzene rings is 1. The summed E-state index contributed by atoms with van der Waals surface area (Å²) in [5.41, 5.74) is 2.54. The largest absolute Gasteiger partial charge is 0.497 e. The minimum Gasteiger partial charge on any atom is -0.497 e. The van der Waals surface area contributed by atoms with Gasteiger partial charge >= 0.3 is 0 Å². The molecule has 0 radical (unpaired) electrons. The molecule has 1 N–H and O–H groups in total. The van der Waals surface area contributed by atoms with Crippen molar-refractivity contribution in [2.45, 2.75) is 19.6 Å². The van der Waals surface area contributed by atoms with Crippen molar-refractivity contribution in [2.24, 2.45) is 0 Å². The van der Waals surface area contributed by atoms with Gasteiger partial charge < -0.3 is 19.3 Å². The average Bonchev–Trinajstić information content (AvgIpc) is 2.87. The number of nitrogens with one attached hydrogen (secondary N) is 1. The maximum Gasteiger partial charge on any atom is 0.234 e. The highest BCUT2D eigenvalue weighted by Gasteiger charge is 2.12. The Morgan fingerprint density at radius 1 is 1.30 bits per heavy atom. The van der Waals surface area contributed by atoms with Crippen molar-refractivity contribution in [1.82, 2.24) is 5.16 Å². The third-order valence-electron chi connectivity index (χ3n) is 3.34. The van der Waals surface area contributed by atoms with Crippen LogP contribution in [-0.4, -0.2) is 31.0 Å². The van der Waals surface area contributed by atoms with E-state index in [4.69, 9.17) is 14.0 Å². The van der Waals surface area contributed by atoms with Crippen LogP contribution in [0.25, 0.3) is 0 Å². The van der Waals surface area contributed by atoms with Crippen LogP contribution in [0.4, 0.5) is 5.69 Å². The zero-order chi connectivity index (χ0) is 16.8. The molecule has 0 unspecified atom stereocenters. The Kier molecular flexibility index (Phi) is 5.92. The van der Waals surface area contributed by atoms with Gasteiger partial charge in [0.25, 0.3) is 0 Å². The van der Waals surface area contributed by atoms with Crippen LogP contribution in [-0.2, 0) is 10.5 Å². The molecule has 6 nitrogen and oxygen atoms in total. The summed E-state index contributed by atoms with van der Waals surface area (Å²) < 4.78 is 15.5. The standard InChI is InChI=1S/C16H20N2O4S/c1-10-13(11(2)22-18-10)8-23-9-16(19)17-14-6-5-12(20-3)7-15(14)21-4/h5-7H,8-9H2,1-4H3,(H,17,19). The van der Waals surface area contributed by atoms with Crippen molar-refractivity contribution in [3.63, 3.8) is 0 Å². The first-order valence-electron chi connectivity index (χ1n) is 7.06. The summed E-state index contributed by atoms with van der Waals surface area (Å²) in [5.74, 6) is 2.96. The Balaban J connectivity index is 1.90. The van der Waals surface area contributed by atoms with E-state index in [1.807, 2.05) is 13.8 Å². The summed E-state index contributed by atoms with van der Waals surface area (Å²) in [7, 11) is 3.13. The van der Waals surface area contributed by atoms with Crippen molar-refractivity contribution >= 4 is 23.4 Å². The number of aromatic nitrogens is 1. The van der Waals surface area contributed by atoms with Gasteiger partial charge in [0, 0.05) is 17.4 Å². The normalized spacial score (nSPS) is 10.4. The number of hydrogen-bond acceptors (Lipinski definition) is 6. The number of carbonyl (C=O) groups excluding carboxylic acids is 1. The zero-order valence-electron chi connectivity index (χ0n) is 13.6. The van der Waals surface area contributed by atoms with Crippen molar-refractivity contribution in [3.8, 4) is 11.5 Å². The van der Waals surface area contributed by atoms with Gasteiger partial charge in [-0.2, -0.15) is 0 Å². The molecule has 0 aliphatic rings. The van der Waals surface area contributed by atoms with E-state index >= 15 is 0 Å². The molecule has 0 saturated carbocycles. The molecule has 0 fully saturated rings.